The van der Waals surface area contributed by atoms with Crippen LogP contribution in [0.25, 0.3) is 0 Å². The lowest BCUT2D eigenvalue weighted by Crippen LogP contribution is -2.23. The predicted molar refractivity (Wildman–Crippen MR) is 117 cm³/mol. The number of benzene rings is 2. The van der Waals surface area contributed by atoms with Gasteiger partial charge in [0.2, 0.25) is 5.91 Å². The van der Waals surface area contributed by atoms with E-state index in [4.69, 9.17) is 4.74 Å². The smallest absolute Gasteiger partial charge is 0.221 e. The minimum atomic E-state index is -0.919. The molecule has 0 radical (unpaired) electrons. The summed E-state index contributed by atoms with van der Waals surface area (Å²) in [4.78, 5) is 13.6. The molecule has 6 nitrogen and oxygen atoms in total. The van der Waals surface area contributed by atoms with Gasteiger partial charge < -0.3 is 10.1 Å². The van der Waals surface area contributed by atoms with Crippen molar-refractivity contribution in [2.45, 2.75) is 38.8 Å². The maximum Gasteiger partial charge on any atom is 0.221 e. The lowest BCUT2D eigenvalue weighted by molar-refractivity contribution is -0.114. The van der Waals surface area contributed by atoms with Crippen LogP contribution >= 0.6 is 0 Å². The average Bonchev–Trinajstić information content (AvgIpc) is 3.41. The molecule has 0 bridgehead atoms. The van der Waals surface area contributed by atoms with E-state index in [9.17, 15) is 13.6 Å². The number of nitrogens with one attached hydrogen (secondary N) is 2. The molecule has 2 heterocycles. The Labute approximate surface area is 185 Å². The molecule has 1 aliphatic heterocycles. The van der Waals surface area contributed by atoms with Gasteiger partial charge in [0.15, 0.2) is 11.6 Å². The van der Waals surface area contributed by atoms with Gasteiger partial charge in [0.05, 0.1) is 18.3 Å². The zero-order valence-corrected chi connectivity index (χ0v) is 17.9. The molecule has 0 aliphatic carbocycles. The van der Waals surface area contributed by atoms with Gasteiger partial charge in [-0.1, -0.05) is 12.1 Å². The van der Waals surface area contributed by atoms with Crippen molar-refractivity contribution < 1.29 is 18.3 Å². The highest BCUT2D eigenvalue weighted by Gasteiger charge is 2.28. The van der Waals surface area contributed by atoms with Gasteiger partial charge in [0.1, 0.15) is 5.75 Å². The molecule has 2 N–H and O–H groups in total. The fourth-order valence-corrected chi connectivity index (χ4v) is 4.01. The number of halogens is 2. The molecule has 32 heavy (non-hydrogen) atoms. The topological polar surface area (TPSA) is 70.2 Å². The number of likely N-dealkylation sites (tertiary alicyclic amines) is 1. The van der Waals surface area contributed by atoms with E-state index in [1.54, 1.807) is 0 Å². The number of anilines is 1. The quantitative estimate of drug-likeness (QED) is 0.537. The van der Waals surface area contributed by atoms with Gasteiger partial charge >= 0.3 is 0 Å². The van der Waals surface area contributed by atoms with Gasteiger partial charge in [0, 0.05) is 37.3 Å². The second-order valence-corrected chi connectivity index (χ2v) is 8.00. The van der Waals surface area contributed by atoms with Crippen LogP contribution in [0.3, 0.4) is 0 Å². The Morgan fingerprint density at radius 2 is 2.00 bits per heavy atom. The van der Waals surface area contributed by atoms with Crippen molar-refractivity contribution in [2.24, 2.45) is 0 Å². The number of hydrogen-bond acceptors (Lipinski definition) is 4. The molecule has 1 saturated heterocycles. The molecule has 1 amide bonds. The molecule has 1 atom stereocenters. The summed E-state index contributed by atoms with van der Waals surface area (Å²) >= 11 is 0. The van der Waals surface area contributed by atoms with Crippen molar-refractivity contribution >= 4 is 11.6 Å². The lowest BCUT2D eigenvalue weighted by atomic mass is 10.1. The molecule has 1 fully saturated rings. The van der Waals surface area contributed by atoms with Crippen LogP contribution in [0.1, 0.15) is 42.8 Å². The van der Waals surface area contributed by atoms with Crippen molar-refractivity contribution in [3.05, 3.63) is 77.1 Å². The summed E-state index contributed by atoms with van der Waals surface area (Å²) in [6, 6.07) is 13.7. The molecule has 3 aromatic rings. The number of aromatic amines is 1. The zero-order chi connectivity index (χ0) is 22.5. The standard InChI is InChI=1S/C24H26F2N4O2/c1-16(31)27-18-6-4-17(5-7-18)15-30-11-2-3-24(30)23-13-19(28-29-23)10-12-32-20-8-9-21(25)22(26)14-20/h4-9,13-14,24H,2-3,10-12,15H2,1H3,(H,27,31)(H,28,29). The second-order valence-electron chi connectivity index (χ2n) is 8.00. The summed E-state index contributed by atoms with van der Waals surface area (Å²) in [5, 5.41) is 10.4. The normalized spacial score (nSPS) is 16.3. The number of carbonyl (C=O) groups is 1. The highest BCUT2D eigenvalue weighted by molar-refractivity contribution is 5.88. The molecule has 0 saturated carbocycles. The molecule has 8 heteroatoms. The van der Waals surface area contributed by atoms with Gasteiger partial charge in [-0.3, -0.25) is 14.8 Å². The third-order valence-corrected chi connectivity index (χ3v) is 5.55. The van der Waals surface area contributed by atoms with E-state index in [2.05, 4.69) is 26.5 Å². The van der Waals surface area contributed by atoms with E-state index >= 15 is 0 Å². The van der Waals surface area contributed by atoms with Crippen LogP contribution in [-0.2, 0) is 17.8 Å². The summed E-state index contributed by atoms with van der Waals surface area (Å²) in [6.45, 7) is 3.64. The van der Waals surface area contributed by atoms with Crippen molar-refractivity contribution in [3.63, 3.8) is 0 Å². The number of rotatable bonds is 8. The van der Waals surface area contributed by atoms with Crippen molar-refractivity contribution in [1.82, 2.24) is 15.1 Å². The minimum Gasteiger partial charge on any atom is -0.493 e. The van der Waals surface area contributed by atoms with Crippen molar-refractivity contribution in [2.75, 3.05) is 18.5 Å². The lowest BCUT2D eigenvalue weighted by Gasteiger charge is -2.23. The number of nitrogens with zero attached hydrogens (tertiary/aromatic N) is 2. The Morgan fingerprint density at radius 1 is 1.19 bits per heavy atom. The monoisotopic (exact) mass is 440 g/mol. The van der Waals surface area contributed by atoms with E-state index < -0.39 is 11.6 Å². The van der Waals surface area contributed by atoms with E-state index in [1.807, 2.05) is 24.3 Å². The molecule has 2 aromatic carbocycles. The van der Waals surface area contributed by atoms with Crippen LogP contribution in [0.15, 0.2) is 48.5 Å². The van der Waals surface area contributed by atoms with E-state index in [-0.39, 0.29) is 11.9 Å². The molecule has 1 aromatic heterocycles. The van der Waals surface area contributed by atoms with Gasteiger partial charge in [-0.25, -0.2) is 8.78 Å². The number of ether oxygens (including phenoxy) is 1. The minimum absolute atomic E-state index is 0.0816. The first kappa shape index (κ1) is 22.0. The number of aromatic nitrogens is 2. The highest BCUT2D eigenvalue weighted by atomic mass is 19.2. The molecular formula is C24H26F2N4O2. The maximum absolute atomic E-state index is 13.3. The molecular weight excluding hydrogens is 414 g/mol. The third-order valence-electron chi connectivity index (χ3n) is 5.55. The summed E-state index contributed by atoms with van der Waals surface area (Å²) < 4.78 is 31.8. The van der Waals surface area contributed by atoms with Crippen LogP contribution in [-0.4, -0.2) is 34.2 Å². The fourth-order valence-electron chi connectivity index (χ4n) is 4.01. The van der Waals surface area contributed by atoms with Crippen molar-refractivity contribution in [3.8, 4) is 5.75 Å². The number of amides is 1. The van der Waals surface area contributed by atoms with Gasteiger partial charge in [-0.15, -0.1) is 0 Å². The Kier molecular flexibility index (Phi) is 6.80. The van der Waals surface area contributed by atoms with Gasteiger partial charge in [0.25, 0.3) is 0 Å². The molecule has 168 valence electrons. The average molecular weight is 440 g/mol. The predicted octanol–water partition coefficient (Wildman–Crippen LogP) is 4.60. The number of H-pyrrole nitrogens is 1. The Hall–Kier alpha value is -3.26. The molecule has 4 rings (SSSR count). The SMILES string of the molecule is CC(=O)Nc1ccc(CN2CCCC2c2cc(CCOc3ccc(F)c(F)c3)[nH]n2)cc1. The van der Waals surface area contributed by atoms with Crippen LogP contribution < -0.4 is 10.1 Å². The molecule has 1 aliphatic rings. The number of hydrogen-bond donors (Lipinski definition) is 2. The van der Waals surface area contributed by atoms with Crippen LogP contribution in [0.5, 0.6) is 5.75 Å². The van der Waals surface area contributed by atoms with Crippen molar-refractivity contribution in [1.29, 1.82) is 0 Å². The summed E-state index contributed by atoms with van der Waals surface area (Å²) in [5.41, 5.74) is 3.91. The first-order valence-corrected chi connectivity index (χ1v) is 10.7. The zero-order valence-electron chi connectivity index (χ0n) is 17.9. The van der Waals surface area contributed by atoms with Gasteiger partial charge in [-0.05, 0) is 55.3 Å². The van der Waals surface area contributed by atoms with Gasteiger partial charge in [-0.2, -0.15) is 5.10 Å². The molecule has 1 unspecified atom stereocenters. The second kappa shape index (κ2) is 9.91. The summed E-state index contributed by atoms with van der Waals surface area (Å²) in [5.74, 6) is -1.59. The Balaban J connectivity index is 1.32. The summed E-state index contributed by atoms with van der Waals surface area (Å²) in [7, 11) is 0. The Morgan fingerprint density at radius 3 is 2.75 bits per heavy atom. The maximum atomic E-state index is 13.3. The first-order valence-electron chi connectivity index (χ1n) is 10.7. The summed E-state index contributed by atoms with van der Waals surface area (Å²) in [6.07, 6.45) is 2.74. The highest BCUT2D eigenvalue weighted by Crippen LogP contribution is 2.32. The van der Waals surface area contributed by atoms with E-state index in [1.165, 1.54) is 18.6 Å². The van der Waals surface area contributed by atoms with Crippen LogP contribution in [0, 0.1) is 11.6 Å². The molecule has 0 spiro atoms. The fraction of sp³-hybridized carbons (Fsp3) is 0.333. The third kappa shape index (κ3) is 5.50. The van der Waals surface area contributed by atoms with Crippen LogP contribution in [0.4, 0.5) is 14.5 Å². The van der Waals surface area contributed by atoms with Crippen LogP contribution in [0.2, 0.25) is 0 Å². The largest absolute Gasteiger partial charge is 0.493 e. The number of carbonyl (C=O) groups excluding carboxylic acids is 1. The Bertz CT molecular complexity index is 1070. The van der Waals surface area contributed by atoms with E-state index in [0.717, 1.165) is 55.1 Å². The van der Waals surface area contributed by atoms with E-state index in [0.29, 0.717) is 18.8 Å². The first-order chi connectivity index (χ1) is 15.5.